The number of para-hydroxylation sites is 1. The van der Waals surface area contributed by atoms with E-state index in [1.54, 1.807) is 0 Å². The minimum atomic E-state index is 0.330. The van der Waals surface area contributed by atoms with Gasteiger partial charge in [-0.1, -0.05) is 44.2 Å². The summed E-state index contributed by atoms with van der Waals surface area (Å²) in [6, 6.07) is 14.8. The molecular formula is C19H25NO. The van der Waals surface area contributed by atoms with Gasteiger partial charge in [-0.2, -0.15) is 0 Å². The highest BCUT2D eigenvalue weighted by molar-refractivity contribution is 5.44. The second-order valence-electron chi connectivity index (χ2n) is 5.36. The lowest BCUT2D eigenvalue weighted by Crippen LogP contribution is -2.20. The highest BCUT2D eigenvalue weighted by Gasteiger charge is 2.14. The van der Waals surface area contributed by atoms with Gasteiger partial charge in [0, 0.05) is 11.6 Å². The minimum Gasteiger partial charge on any atom is -0.457 e. The van der Waals surface area contributed by atoms with Gasteiger partial charge in [-0.25, -0.2) is 0 Å². The molecule has 2 heteroatoms. The molecule has 2 rings (SSSR count). The summed E-state index contributed by atoms with van der Waals surface area (Å²) in [5.74, 6) is 1.88. The second kappa shape index (κ2) is 7.28. The normalized spacial score (nSPS) is 12.2. The first kappa shape index (κ1) is 15.6. The van der Waals surface area contributed by atoms with E-state index in [1.165, 1.54) is 16.7 Å². The maximum absolute atomic E-state index is 6.21. The van der Waals surface area contributed by atoms with Crippen LogP contribution in [0.25, 0.3) is 0 Å². The first-order valence-corrected chi connectivity index (χ1v) is 7.73. The molecule has 0 fully saturated rings. The largest absolute Gasteiger partial charge is 0.457 e. The SMILES string of the molecule is CCNC(CC)c1ccccc1Oc1cccc(C)c1C. The Labute approximate surface area is 128 Å². The summed E-state index contributed by atoms with van der Waals surface area (Å²) < 4.78 is 6.21. The van der Waals surface area contributed by atoms with Crippen LogP contribution in [-0.4, -0.2) is 6.54 Å². The van der Waals surface area contributed by atoms with Gasteiger partial charge in [0.15, 0.2) is 0 Å². The topological polar surface area (TPSA) is 21.3 Å². The van der Waals surface area contributed by atoms with Crippen molar-refractivity contribution in [2.75, 3.05) is 6.54 Å². The third-order valence-electron chi connectivity index (χ3n) is 3.93. The molecule has 112 valence electrons. The average Bonchev–Trinajstić information content (AvgIpc) is 2.50. The fourth-order valence-electron chi connectivity index (χ4n) is 2.54. The first-order chi connectivity index (χ1) is 10.2. The maximum atomic E-state index is 6.21. The number of ether oxygens (including phenoxy) is 1. The van der Waals surface area contributed by atoms with E-state index in [9.17, 15) is 0 Å². The fourth-order valence-corrected chi connectivity index (χ4v) is 2.54. The van der Waals surface area contributed by atoms with Crippen molar-refractivity contribution in [2.24, 2.45) is 0 Å². The molecule has 21 heavy (non-hydrogen) atoms. The van der Waals surface area contributed by atoms with E-state index in [4.69, 9.17) is 4.74 Å². The van der Waals surface area contributed by atoms with Gasteiger partial charge in [0.2, 0.25) is 0 Å². The van der Waals surface area contributed by atoms with Crippen molar-refractivity contribution in [3.05, 3.63) is 59.2 Å². The van der Waals surface area contributed by atoms with Gasteiger partial charge in [0.05, 0.1) is 0 Å². The lowest BCUT2D eigenvalue weighted by atomic mass is 10.0. The van der Waals surface area contributed by atoms with Crippen molar-refractivity contribution in [2.45, 2.75) is 40.2 Å². The molecule has 2 aromatic rings. The number of aryl methyl sites for hydroxylation is 1. The van der Waals surface area contributed by atoms with Crippen molar-refractivity contribution in [1.29, 1.82) is 0 Å². The van der Waals surface area contributed by atoms with Crippen LogP contribution in [0.2, 0.25) is 0 Å². The summed E-state index contributed by atoms with van der Waals surface area (Å²) in [5.41, 5.74) is 3.68. The van der Waals surface area contributed by atoms with E-state index in [-0.39, 0.29) is 0 Å². The van der Waals surface area contributed by atoms with Crippen LogP contribution in [0, 0.1) is 13.8 Å². The number of rotatable bonds is 6. The summed E-state index contributed by atoms with van der Waals surface area (Å²) >= 11 is 0. The minimum absolute atomic E-state index is 0.330. The van der Waals surface area contributed by atoms with E-state index in [0.717, 1.165) is 24.5 Å². The third-order valence-corrected chi connectivity index (χ3v) is 3.93. The first-order valence-electron chi connectivity index (χ1n) is 7.73. The lowest BCUT2D eigenvalue weighted by Gasteiger charge is -2.20. The van der Waals surface area contributed by atoms with Crippen LogP contribution in [-0.2, 0) is 0 Å². The van der Waals surface area contributed by atoms with E-state index in [2.05, 4.69) is 57.3 Å². The molecule has 0 saturated carbocycles. The Kier molecular flexibility index (Phi) is 5.40. The van der Waals surface area contributed by atoms with Crippen molar-refractivity contribution < 1.29 is 4.74 Å². The van der Waals surface area contributed by atoms with Crippen molar-refractivity contribution >= 4 is 0 Å². The molecule has 0 spiro atoms. The molecule has 0 aliphatic heterocycles. The van der Waals surface area contributed by atoms with Crippen LogP contribution in [0.5, 0.6) is 11.5 Å². The van der Waals surface area contributed by atoms with Crippen molar-refractivity contribution in [1.82, 2.24) is 5.32 Å². The van der Waals surface area contributed by atoms with E-state index >= 15 is 0 Å². The highest BCUT2D eigenvalue weighted by Crippen LogP contribution is 2.33. The van der Waals surface area contributed by atoms with Crippen LogP contribution in [0.4, 0.5) is 0 Å². The summed E-state index contributed by atoms with van der Waals surface area (Å²) in [6.07, 6.45) is 1.04. The van der Waals surface area contributed by atoms with E-state index in [0.29, 0.717) is 6.04 Å². The van der Waals surface area contributed by atoms with Gasteiger partial charge < -0.3 is 10.1 Å². The predicted octanol–water partition coefficient (Wildman–Crippen LogP) is 5.16. The molecule has 0 heterocycles. The Balaban J connectivity index is 2.34. The zero-order valence-corrected chi connectivity index (χ0v) is 13.4. The molecule has 2 aromatic carbocycles. The van der Waals surface area contributed by atoms with Crippen LogP contribution in [0.15, 0.2) is 42.5 Å². The molecule has 1 unspecified atom stereocenters. The molecule has 1 atom stereocenters. The molecule has 1 N–H and O–H groups in total. The molecule has 0 bridgehead atoms. The van der Waals surface area contributed by atoms with Gasteiger partial charge in [-0.05, 0) is 50.1 Å². The van der Waals surface area contributed by atoms with Gasteiger partial charge in [-0.3, -0.25) is 0 Å². The molecule has 0 aliphatic rings. The fraction of sp³-hybridized carbons (Fsp3) is 0.368. The number of benzene rings is 2. The Morgan fingerprint density at radius 2 is 1.67 bits per heavy atom. The van der Waals surface area contributed by atoms with Crippen molar-refractivity contribution in [3.63, 3.8) is 0 Å². The summed E-state index contributed by atoms with van der Waals surface area (Å²) in [6.45, 7) is 9.51. The van der Waals surface area contributed by atoms with Crippen LogP contribution >= 0.6 is 0 Å². The van der Waals surface area contributed by atoms with Gasteiger partial charge in [0.1, 0.15) is 11.5 Å². The van der Waals surface area contributed by atoms with Gasteiger partial charge in [-0.15, -0.1) is 0 Å². The standard InChI is InChI=1S/C19H25NO/c1-5-17(20-6-2)16-11-7-8-12-19(16)21-18-13-9-10-14(3)15(18)4/h7-13,17,20H,5-6H2,1-4H3. The van der Waals surface area contributed by atoms with Crippen LogP contribution < -0.4 is 10.1 Å². The van der Waals surface area contributed by atoms with E-state index < -0.39 is 0 Å². The number of hydrogen-bond donors (Lipinski definition) is 1. The predicted molar refractivity (Wildman–Crippen MR) is 89.1 cm³/mol. The number of hydrogen-bond acceptors (Lipinski definition) is 2. The van der Waals surface area contributed by atoms with E-state index in [1.807, 2.05) is 18.2 Å². The molecule has 0 aliphatic carbocycles. The quantitative estimate of drug-likeness (QED) is 0.791. The zero-order valence-electron chi connectivity index (χ0n) is 13.4. The second-order valence-corrected chi connectivity index (χ2v) is 5.36. The maximum Gasteiger partial charge on any atom is 0.132 e. The molecular weight excluding hydrogens is 258 g/mol. The van der Waals surface area contributed by atoms with Crippen LogP contribution in [0.3, 0.4) is 0 Å². The average molecular weight is 283 g/mol. The Morgan fingerprint density at radius 1 is 0.952 bits per heavy atom. The Hall–Kier alpha value is -1.80. The molecule has 0 radical (unpaired) electrons. The highest BCUT2D eigenvalue weighted by atomic mass is 16.5. The summed E-state index contributed by atoms with van der Waals surface area (Å²) in [7, 11) is 0. The van der Waals surface area contributed by atoms with Crippen molar-refractivity contribution in [3.8, 4) is 11.5 Å². The zero-order chi connectivity index (χ0) is 15.2. The summed E-state index contributed by atoms with van der Waals surface area (Å²) in [4.78, 5) is 0. The molecule has 0 aromatic heterocycles. The molecule has 2 nitrogen and oxygen atoms in total. The smallest absolute Gasteiger partial charge is 0.132 e. The third kappa shape index (κ3) is 3.64. The Morgan fingerprint density at radius 3 is 2.38 bits per heavy atom. The summed E-state index contributed by atoms with van der Waals surface area (Å²) in [5, 5.41) is 3.52. The number of nitrogens with one attached hydrogen (secondary N) is 1. The monoisotopic (exact) mass is 283 g/mol. The van der Waals surface area contributed by atoms with Crippen LogP contribution in [0.1, 0.15) is 43.0 Å². The molecule has 0 saturated heterocycles. The van der Waals surface area contributed by atoms with Gasteiger partial charge in [0.25, 0.3) is 0 Å². The lowest BCUT2D eigenvalue weighted by molar-refractivity contribution is 0.450. The van der Waals surface area contributed by atoms with Gasteiger partial charge >= 0.3 is 0 Å². The Bertz CT molecular complexity index is 592. The molecule has 0 amide bonds.